The molecular formula is C9H7BrF5NO2. The number of hydrogen-bond acceptors (Lipinski definition) is 3. The lowest BCUT2D eigenvalue weighted by Crippen LogP contribution is -2.19. The van der Waals surface area contributed by atoms with Gasteiger partial charge in [0.25, 0.3) is 6.43 Å². The minimum absolute atomic E-state index is 0.0814. The number of aromatic nitrogens is 1. The molecule has 18 heavy (non-hydrogen) atoms. The summed E-state index contributed by atoms with van der Waals surface area (Å²) in [6, 6.07) is 0.990. The second-order valence-electron chi connectivity index (χ2n) is 3.14. The number of halogens is 6. The summed E-state index contributed by atoms with van der Waals surface area (Å²) >= 11 is 2.88. The minimum atomic E-state index is -5.02. The van der Waals surface area contributed by atoms with Crippen molar-refractivity contribution in [2.75, 3.05) is 0 Å². The number of pyridine rings is 1. The molecular weight excluding hydrogens is 329 g/mol. The first kappa shape index (κ1) is 15.1. The second kappa shape index (κ2) is 5.79. The van der Waals surface area contributed by atoms with Crippen LogP contribution in [-0.4, -0.2) is 16.5 Å². The first-order valence-corrected chi connectivity index (χ1v) is 5.64. The highest BCUT2D eigenvalue weighted by Gasteiger charge is 2.33. The Kier molecular flexibility index (Phi) is 4.85. The molecule has 0 aliphatic heterocycles. The van der Waals surface area contributed by atoms with Crippen molar-refractivity contribution < 1.29 is 31.8 Å². The summed E-state index contributed by atoms with van der Waals surface area (Å²) in [7, 11) is 0. The molecule has 102 valence electrons. The number of ether oxygens (including phenoxy) is 1. The van der Waals surface area contributed by atoms with E-state index in [2.05, 4.69) is 25.7 Å². The number of aliphatic hydroxyl groups is 1. The molecule has 3 nitrogen and oxygen atoms in total. The molecule has 0 saturated heterocycles. The zero-order valence-corrected chi connectivity index (χ0v) is 10.2. The van der Waals surface area contributed by atoms with Crippen LogP contribution in [0.2, 0.25) is 0 Å². The van der Waals surface area contributed by atoms with Crippen molar-refractivity contribution in [3.05, 3.63) is 22.9 Å². The molecule has 1 rings (SSSR count). The Morgan fingerprint density at radius 3 is 2.33 bits per heavy atom. The van der Waals surface area contributed by atoms with Crippen molar-refractivity contribution in [2.24, 2.45) is 0 Å². The van der Waals surface area contributed by atoms with Crippen molar-refractivity contribution in [1.82, 2.24) is 4.98 Å². The molecule has 1 N–H and O–H groups in total. The zero-order chi connectivity index (χ0) is 13.9. The van der Waals surface area contributed by atoms with Crippen molar-refractivity contribution >= 4 is 15.9 Å². The van der Waals surface area contributed by atoms with Crippen LogP contribution in [0.5, 0.6) is 5.88 Å². The molecule has 9 heteroatoms. The van der Waals surface area contributed by atoms with Gasteiger partial charge in [-0.15, -0.1) is 13.2 Å². The highest BCUT2D eigenvalue weighted by molar-refractivity contribution is 9.08. The third kappa shape index (κ3) is 3.77. The normalized spacial score (nSPS) is 12.0. The number of alkyl halides is 6. The molecule has 0 radical (unpaired) electrons. The van der Waals surface area contributed by atoms with Crippen LogP contribution < -0.4 is 4.74 Å². The van der Waals surface area contributed by atoms with Gasteiger partial charge in [-0.3, -0.25) is 0 Å². The van der Waals surface area contributed by atoms with Crippen LogP contribution in [0.1, 0.15) is 23.2 Å². The van der Waals surface area contributed by atoms with E-state index in [0.29, 0.717) is 0 Å². The quantitative estimate of drug-likeness (QED) is 0.678. The van der Waals surface area contributed by atoms with Gasteiger partial charge in [0.15, 0.2) is 0 Å². The van der Waals surface area contributed by atoms with Gasteiger partial charge >= 0.3 is 6.36 Å². The second-order valence-corrected chi connectivity index (χ2v) is 3.70. The Balaban J connectivity index is 3.27. The predicted octanol–water partition coefficient (Wildman–Crippen LogP) is 3.31. The van der Waals surface area contributed by atoms with Crippen LogP contribution in [0.25, 0.3) is 0 Å². The third-order valence-corrected chi connectivity index (χ3v) is 2.51. The topological polar surface area (TPSA) is 42.4 Å². The van der Waals surface area contributed by atoms with Crippen LogP contribution in [0, 0.1) is 0 Å². The molecule has 0 spiro atoms. The molecule has 0 unspecified atom stereocenters. The van der Waals surface area contributed by atoms with Crippen molar-refractivity contribution in [3.8, 4) is 5.88 Å². The van der Waals surface area contributed by atoms with Gasteiger partial charge in [0, 0.05) is 16.5 Å². The highest BCUT2D eigenvalue weighted by Crippen LogP contribution is 2.31. The summed E-state index contributed by atoms with van der Waals surface area (Å²) in [6.45, 7) is -0.751. The number of rotatable bonds is 4. The van der Waals surface area contributed by atoms with E-state index in [9.17, 15) is 22.0 Å². The van der Waals surface area contributed by atoms with E-state index in [1.807, 2.05) is 0 Å². The fourth-order valence-electron chi connectivity index (χ4n) is 1.21. The van der Waals surface area contributed by atoms with Gasteiger partial charge in [0.05, 0.1) is 6.61 Å². The molecule has 0 atom stereocenters. The van der Waals surface area contributed by atoms with Crippen LogP contribution in [0.3, 0.4) is 0 Å². The Morgan fingerprint density at radius 2 is 1.94 bits per heavy atom. The number of nitrogens with zero attached hydrogens (tertiary/aromatic N) is 1. The zero-order valence-electron chi connectivity index (χ0n) is 8.64. The molecule has 0 aliphatic carbocycles. The average molecular weight is 336 g/mol. The van der Waals surface area contributed by atoms with E-state index in [-0.39, 0.29) is 16.5 Å². The van der Waals surface area contributed by atoms with Crippen molar-refractivity contribution in [2.45, 2.75) is 24.7 Å². The summed E-state index contributed by atoms with van der Waals surface area (Å²) in [5.74, 6) is -0.952. The molecule has 1 aromatic rings. The third-order valence-electron chi connectivity index (χ3n) is 1.91. The molecule has 1 aromatic heterocycles. The summed E-state index contributed by atoms with van der Waals surface area (Å²) < 4.78 is 64.8. The first-order chi connectivity index (χ1) is 8.28. The monoisotopic (exact) mass is 335 g/mol. The minimum Gasteiger partial charge on any atom is -0.392 e. The maximum absolute atomic E-state index is 12.5. The smallest absolute Gasteiger partial charge is 0.392 e. The predicted molar refractivity (Wildman–Crippen MR) is 54.4 cm³/mol. The van der Waals surface area contributed by atoms with E-state index in [4.69, 9.17) is 5.11 Å². The van der Waals surface area contributed by atoms with Crippen molar-refractivity contribution in [3.63, 3.8) is 0 Å². The molecule has 0 aliphatic rings. The van der Waals surface area contributed by atoms with E-state index in [0.717, 1.165) is 6.07 Å². The van der Waals surface area contributed by atoms with Gasteiger partial charge in [0.2, 0.25) is 5.88 Å². The Hall–Kier alpha value is -0.960. The standard InChI is InChI=1S/C9H7BrF5NO2/c10-2-4-1-5(3-17)6(7(11)12)16-8(4)18-9(13,14)15/h1,7,17H,2-3H2. The van der Waals surface area contributed by atoms with Crippen molar-refractivity contribution in [1.29, 1.82) is 0 Å². The Labute approximate surface area is 107 Å². The molecule has 1 heterocycles. The van der Waals surface area contributed by atoms with Crippen LogP contribution in [0.15, 0.2) is 6.07 Å². The number of hydrogen-bond donors (Lipinski definition) is 1. The fourth-order valence-corrected chi connectivity index (χ4v) is 1.61. The van der Waals surface area contributed by atoms with Crippen LogP contribution >= 0.6 is 15.9 Å². The van der Waals surface area contributed by atoms with Gasteiger partial charge in [-0.2, -0.15) is 0 Å². The average Bonchev–Trinajstić information content (AvgIpc) is 2.26. The largest absolute Gasteiger partial charge is 0.574 e. The first-order valence-electron chi connectivity index (χ1n) is 4.52. The van der Waals surface area contributed by atoms with Gasteiger partial charge in [-0.25, -0.2) is 13.8 Å². The summed E-state index contributed by atoms with van der Waals surface area (Å²) in [6.07, 6.45) is -8.13. The molecule has 0 aromatic carbocycles. The summed E-state index contributed by atoms with van der Waals surface area (Å²) in [4.78, 5) is 3.12. The maximum atomic E-state index is 12.5. The van der Waals surface area contributed by atoms with E-state index >= 15 is 0 Å². The molecule has 0 fully saturated rings. The van der Waals surface area contributed by atoms with E-state index in [1.165, 1.54) is 0 Å². The number of aliphatic hydroxyl groups excluding tert-OH is 1. The Morgan fingerprint density at radius 1 is 1.33 bits per heavy atom. The van der Waals surface area contributed by atoms with Crippen LogP contribution in [-0.2, 0) is 11.9 Å². The molecule has 0 amide bonds. The van der Waals surface area contributed by atoms with Gasteiger partial charge < -0.3 is 9.84 Å². The fraction of sp³-hybridized carbons (Fsp3) is 0.444. The maximum Gasteiger partial charge on any atom is 0.574 e. The highest BCUT2D eigenvalue weighted by atomic mass is 79.9. The summed E-state index contributed by atoms with van der Waals surface area (Å²) in [5.41, 5.74) is -1.25. The van der Waals surface area contributed by atoms with Crippen LogP contribution in [0.4, 0.5) is 22.0 Å². The summed E-state index contributed by atoms with van der Waals surface area (Å²) in [5, 5.41) is 8.78. The Bertz CT molecular complexity index is 424. The van der Waals surface area contributed by atoms with Gasteiger partial charge in [0.1, 0.15) is 5.69 Å². The van der Waals surface area contributed by atoms with Gasteiger partial charge in [-0.1, -0.05) is 15.9 Å². The lowest BCUT2D eigenvalue weighted by Gasteiger charge is -2.14. The lowest BCUT2D eigenvalue weighted by molar-refractivity contribution is -0.276. The lowest BCUT2D eigenvalue weighted by atomic mass is 10.1. The molecule has 0 saturated carbocycles. The van der Waals surface area contributed by atoms with E-state index < -0.39 is 31.0 Å². The van der Waals surface area contributed by atoms with E-state index in [1.54, 1.807) is 0 Å². The van der Waals surface area contributed by atoms with Gasteiger partial charge in [-0.05, 0) is 6.07 Å². The SMILES string of the molecule is OCc1cc(CBr)c(OC(F)(F)F)nc1C(F)F. The molecule has 0 bridgehead atoms.